The van der Waals surface area contributed by atoms with E-state index in [0.29, 0.717) is 16.1 Å². The number of rotatable bonds is 4. The van der Waals surface area contributed by atoms with Crippen molar-refractivity contribution in [3.63, 3.8) is 0 Å². The van der Waals surface area contributed by atoms with Crippen molar-refractivity contribution in [1.82, 2.24) is 14.8 Å². The van der Waals surface area contributed by atoms with Gasteiger partial charge in [-0.3, -0.25) is 4.68 Å². The SMILES string of the molecule is CCCN1c2cc(C)nc3c(-c4ccc(Cl)cc4Cl)nn(c23)C[C@@H]1CC. The molecule has 2 aromatic heterocycles. The first-order chi connectivity index (χ1) is 12.5. The molecule has 0 amide bonds. The highest BCUT2D eigenvalue weighted by Crippen LogP contribution is 2.40. The summed E-state index contributed by atoms with van der Waals surface area (Å²) >= 11 is 12.5. The molecule has 0 N–H and O–H groups in total. The molecule has 1 aliphatic rings. The Hall–Kier alpha value is -1.78. The third kappa shape index (κ3) is 2.76. The van der Waals surface area contributed by atoms with Gasteiger partial charge < -0.3 is 4.90 Å². The quantitative estimate of drug-likeness (QED) is 0.572. The van der Waals surface area contributed by atoms with Crippen LogP contribution in [0.15, 0.2) is 24.3 Å². The lowest BCUT2D eigenvalue weighted by atomic mass is 10.1. The summed E-state index contributed by atoms with van der Waals surface area (Å²) in [6.07, 6.45) is 2.20. The number of anilines is 1. The van der Waals surface area contributed by atoms with E-state index in [1.54, 1.807) is 6.07 Å². The number of benzene rings is 1. The predicted octanol–water partition coefficient (Wildman–Crippen LogP) is 5.72. The Morgan fingerprint density at radius 1 is 1.19 bits per heavy atom. The number of hydrogen-bond donors (Lipinski definition) is 0. The molecule has 4 nitrogen and oxygen atoms in total. The summed E-state index contributed by atoms with van der Waals surface area (Å²) in [7, 11) is 0. The van der Waals surface area contributed by atoms with Crippen LogP contribution in [-0.2, 0) is 6.54 Å². The molecule has 0 unspecified atom stereocenters. The molecule has 4 rings (SSSR count). The molecule has 0 radical (unpaired) electrons. The van der Waals surface area contributed by atoms with Crippen molar-refractivity contribution in [1.29, 1.82) is 0 Å². The number of hydrogen-bond acceptors (Lipinski definition) is 3. The summed E-state index contributed by atoms with van der Waals surface area (Å²) in [6.45, 7) is 8.42. The lowest BCUT2D eigenvalue weighted by Gasteiger charge is -2.37. The van der Waals surface area contributed by atoms with Crippen LogP contribution in [0.3, 0.4) is 0 Å². The van der Waals surface area contributed by atoms with Crippen LogP contribution in [0, 0.1) is 6.92 Å². The van der Waals surface area contributed by atoms with Crippen LogP contribution < -0.4 is 4.90 Å². The molecule has 136 valence electrons. The molecular weight excluding hydrogens is 367 g/mol. The molecule has 3 aromatic rings. The van der Waals surface area contributed by atoms with Crippen LogP contribution in [0.5, 0.6) is 0 Å². The molecule has 0 saturated carbocycles. The minimum atomic E-state index is 0.445. The average molecular weight is 389 g/mol. The summed E-state index contributed by atoms with van der Waals surface area (Å²) in [5.74, 6) is 0. The molecule has 0 spiro atoms. The van der Waals surface area contributed by atoms with E-state index in [1.807, 2.05) is 19.1 Å². The molecule has 0 saturated heterocycles. The van der Waals surface area contributed by atoms with Gasteiger partial charge in [0.1, 0.15) is 16.7 Å². The molecule has 1 aromatic carbocycles. The van der Waals surface area contributed by atoms with Crippen molar-refractivity contribution in [2.75, 3.05) is 11.4 Å². The number of aromatic nitrogens is 3. The Morgan fingerprint density at radius 3 is 2.69 bits per heavy atom. The van der Waals surface area contributed by atoms with Crippen LogP contribution in [0.25, 0.3) is 22.3 Å². The summed E-state index contributed by atoms with van der Waals surface area (Å²) in [5, 5.41) is 6.14. The van der Waals surface area contributed by atoms with Crippen LogP contribution in [-0.4, -0.2) is 27.4 Å². The fraction of sp³-hybridized carbons (Fsp3) is 0.400. The van der Waals surface area contributed by atoms with Crippen molar-refractivity contribution in [2.24, 2.45) is 0 Å². The lowest BCUT2D eigenvalue weighted by Crippen LogP contribution is -2.42. The normalized spacial score (nSPS) is 16.5. The van der Waals surface area contributed by atoms with Gasteiger partial charge in [-0.25, -0.2) is 4.98 Å². The second-order valence-electron chi connectivity index (χ2n) is 6.89. The molecule has 1 aliphatic heterocycles. The van der Waals surface area contributed by atoms with Crippen LogP contribution in [0.1, 0.15) is 32.4 Å². The number of pyridine rings is 1. The monoisotopic (exact) mass is 388 g/mol. The highest BCUT2D eigenvalue weighted by atomic mass is 35.5. The van der Waals surface area contributed by atoms with Crippen molar-refractivity contribution in [2.45, 2.75) is 46.2 Å². The number of nitrogens with zero attached hydrogens (tertiary/aromatic N) is 4. The average Bonchev–Trinajstić information content (AvgIpc) is 2.95. The Kier molecular flexibility index (Phi) is 4.57. The zero-order valence-electron chi connectivity index (χ0n) is 15.3. The van der Waals surface area contributed by atoms with Crippen molar-refractivity contribution < 1.29 is 0 Å². The Bertz CT molecular complexity index is 980. The third-order valence-corrected chi connectivity index (χ3v) is 5.61. The molecule has 26 heavy (non-hydrogen) atoms. The number of aryl methyl sites for hydroxylation is 1. The van der Waals surface area contributed by atoms with E-state index in [-0.39, 0.29) is 0 Å². The second kappa shape index (κ2) is 6.75. The van der Waals surface area contributed by atoms with Gasteiger partial charge in [0.15, 0.2) is 0 Å². The van der Waals surface area contributed by atoms with Crippen molar-refractivity contribution in [3.05, 3.63) is 40.0 Å². The van der Waals surface area contributed by atoms with Gasteiger partial charge in [-0.05, 0) is 44.0 Å². The van der Waals surface area contributed by atoms with E-state index in [9.17, 15) is 0 Å². The minimum Gasteiger partial charge on any atom is -0.365 e. The summed E-state index contributed by atoms with van der Waals surface area (Å²) in [4.78, 5) is 7.34. The van der Waals surface area contributed by atoms with Gasteiger partial charge >= 0.3 is 0 Å². The van der Waals surface area contributed by atoms with Gasteiger partial charge in [0, 0.05) is 28.9 Å². The van der Waals surface area contributed by atoms with E-state index in [1.165, 1.54) is 5.69 Å². The highest BCUT2D eigenvalue weighted by molar-refractivity contribution is 6.36. The van der Waals surface area contributed by atoms with Gasteiger partial charge in [-0.2, -0.15) is 5.10 Å². The minimum absolute atomic E-state index is 0.445. The first-order valence-electron chi connectivity index (χ1n) is 9.13. The van der Waals surface area contributed by atoms with Crippen LogP contribution in [0.2, 0.25) is 10.0 Å². The second-order valence-corrected chi connectivity index (χ2v) is 7.73. The molecule has 1 atom stereocenters. The molecule has 0 fully saturated rings. The van der Waals surface area contributed by atoms with Crippen LogP contribution in [0.4, 0.5) is 5.69 Å². The van der Waals surface area contributed by atoms with Crippen molar-refractivity contribution in [3.8, 4) is 11.3 Å². The maximum Gasteiger partial charge on any atom is 0.120 e. The summed E-state index contributed by atoms with van der Waals surface area (Å²) in [6, 6.07) is 8.17. The zero-order chi connectivity index (χ0) is 18.4. The summed E-state index contributed by atoms with van der Waals surface area (Å²) < 4.78 is 2.11. The zero-order valence-corrected chi connectivity index (χ0v) is 16.8. The molecule has 3 heterocycles. The van der Waals surface area contributed by atoms with Gasteiger partial charge in [0.25, 0.3) is 0 Å². The Labute approximate surface area is 163 Å². The smallest absolute Gasteiger partial charge is 0.120 e. The largest absolute Gasteiger partial charge is 0.365 e. The maximum atomic E-state index is 6.47. The first-order valence-corrected chi connectivity index (χ1v) is 9.89. The van der Waals surface area contributed by atoms with E-state index < -0.39 is 0 Å². The fourth-order valence-electron chi connectivity index (χ4n) is 3.89. The van der Waals surface area contributed by atoms with Gasteiger partial charge in [-0.15, -0.1) is 0 Å². The standard InChI is InChI=1S/C20H22Cl2N4/c1-4-8-25-14(5-2)11-26-20-17(25)9-12(3)23-19(20)18(24-26)15-7-6-13(21)10-16(15)22/h6-7,9-10,14H,4-5,8,11H2,1-3H3/t14-/m0/s1. The topological polar surface area (TPSA) is 34.0 Å². The van der Waals surface area contributed by atoms with Gasteiger partial charge in [0.2, 0.25) is 0 Å². The molecule has 0 bridgehead atoms. The Balaban J connectivity index is 1.99. The van der Waals surface area contributed by atoms with E-state index in [0.717, 1.165) is 53.9 Å². The van der Waals surface area contributed by atoms with E-state index in [4.69, 9.17) is 33.3 Å². The fourth-order valence-corrected chi connectivity index (χ4v) is 4.39. The summed E-state index contributed by atoms with van der Waals surface area (Å²) in [5.41, 5.74) is 5.96. The Morgan fingerprint density at radius 2 is 2.00 bits per heavy atom. The third-order valence-electron chi connectivity index (χ3n) is 5.06. The highest BCUT2D eigenvalue weighted by Gasteiger charge is 2.30. The first kappa shape index (κ1) is 17.6. The lowest BCUT2D eigenvalue weighted by molar-refractivity contribution is 0.458. The van der Waals surface area contributed by atoms with Gasteiger partial charge in [0.05, 0.1) is 17.3 Å². The van der Waals surface area contributed by atoms with E-state index in [2.05, 4.69) is 29.5 Å². The van der Waals surface area contributed by atoms with Gasteiger partial charge in [-0.1, -0.05) is 37.0 Å². The van der Waals surface area contributed by atoms with E-state index >= 15 is 0 Å². The predicted molar refractivity (Wildman–Crippen MR) is 109 cm³/mol. The van der Waals surface area contributed by atoms with Crippen LogP contribution >= 0.6 is 23.2 Å². The van der Waals surface area contributed by atoms with Crippen molar-refractivity contribution >= 4 is 39.9 Å². The number of halogens is 2. The molecular formula is C20H22Cl2N4. The maximum absolute atomic E-state index is 6.47. The molecule has 6 heteroatoms. The molecule has 0 aliphatic carbocycles.